The minimum absolute atomic E-state index is 0.181. The maximum Gasteiger partial charge on any atom is 0.234 e. The van der Waals surface area contributed by atoms with Gasteiger partial charge in [0, 0.05) is 5.56 Å². The highest BCUT2D eigenvalue weighted by molar-refractivity contribution is 5.40. The Kier molecular flexibility index (Phi) is 4.25. The quantitative estimate of drug-likeness (QED) is 0.887. The predicted molar refractivity (Wildman–Crippen MR) is 77.8 cm³/mol. The number of rotatable bonds is 5. The van der Waals surface area contributed by atoms with Crippen molar-refractivity contribution in [3.8, 4) is 11.6 Å². The molecule has 102 valence electrons. The summed E-state index contributed by atoms with van der Waals surface area (Å²) in [4.78, 5) is 0. The molecule has 0 amide bonds. The first-order valence-electron chi connectivity index (χ1n) is 6.98. The smallest absolute Gasteiger partial charge is 0.234 e. The van der Waals surface area contributed by atoms with E-state index in [1.165, 1.54) is 0 Å². The molecule has 0 spiro atoms. The molecule has 1 N–H and O–H groups in total. The Morgan fingerprint density at radius 3 is 2.47 bits per heavy atom. The molecule has 1 aromatic heterocycles. The van der Waals surface area contributed by atoms with Gasteiger partial charge in [0.05, 0.1) is 11.4 Å². The van der Waals surface area contributed by atoms with Crippen LogP contribution in [0.5, 0.6) is 5.88 Å². The molecule has 3 nitrogen and oxygen atoms in total. The molecule has 0 aliphatic carbocycles. The van der Waals surface area contributed by atoms with Gasteiger partial charge in [-0.05, 0) is 30.9 Å². The number of hydrogen-bond acceptors (Lipinski definition) is 2. The van der Waals surface area contributed by atoms with Crippen molar-refractivity contribution in [3.05, 3.63) is 41.6 Å². The fraction of sp³-hybridized carbons (Fsp3) is 0.438. The van der Waals surface area contributed by atoms with Crippen molar-refractivity contribution in [2.45, 2.75) is 40.0 Å². The first-order chi connectivity index (χ1) is 9.13. The van der Waals surface area contributed by atoms with E-state index < -0.39 is 0 Å². The summed E-state index contributed by atoms with van der Waals surface area (Å²) in [6.07, 6.45) is 2.85. The zero-order valence-corrected chi connectivity index (χ0v) is 11.9. The van der Waals surface area contributed by atoms with Gasteiger partial charge in [0.25, 0.3) is 0 Å². The summed E-state index contributed by atoms with van der Waals surface area (Å²) in [5, 5.41) is 14.4. The maximum atomic E-state index is 10.1. The molecule has 0 aliphatic rings. The van der Waals surface area contributed by atoms with Crippen LogP contribution < -0.4 is 0 Å². The highest BCUT2D eigenvalue weighted by atomic mass is 16.3. The van der Waals surface area contributed by atoms with E-state index in [-0.39, 0.29) is 5.88 Å². The van der Waals surface area contributed by atoms with E-state index in [4.69, 9.17) is 0 Å². The maximum absolute atomic E-state index is 10.1. The molecule has 3 heteroatoms. The van der Waals surface area contributed by atoms with Crippen molar-refractivity contribution in [3.63, 3.8) is 0 Å². The summed E-state index contributed by atoms with van der Waals surface area (Å²) in [6.45, 7) is 6.47. The lowest BCUT2D eigenvalue weighted by Crippen LogP contribution is -2.05. The zero-order chi connectivity index (χ0) is 13.8. The van der Waals surface area contributed by atoms with Gasteiger partial charge in [-0.1, -0.05) is 45.4 Å². The lowest BCUT2D eigenvalue weighted by Gasteiger charge is -2.09. The number of hydrogen-bond donors (Lipinski definition) is 1. The molecule has 19 heavy (non-hydrogen) atoms. The molecule has 2 rings (SSSR count). The monoisotopic (exact) mass is 258 g/mol. The third kappa shape index (κ3) is 2.98. The van der Waals surface area contributed by atoms with Crippen LogP contribution in [0.25, 0.3) is 5.69 Å². The summed E-state index contributed by atoms with van der Waals surface area (Å²) in [6, 6.07) is 10.0. The Bertz CT molecular complexity index is 529. The molecule has 0 bridgehead atoms. The third-order valence-corrected chi connectivity index (χ3v) is 3.17. The lowest BCUT2D eigenvalue weighted by molar-refractivity contribution is 0.438. The first kappa shape index (κ1) is 13.7. The number of nitrogens with zero attached hydrogens (tertiary/aromatic N) is 2. The van der Waals surface area contributed by atoms with Crippen molar-refractivity contribution < 1.29 is 5.11 Å². The van der Waals surface area contributed by atoms with Gasteiger partial charge in [-0.3, -0.25) is 0 Å². The Labute approximate surface area is 114 Å². The summed E-state index contributed by atoms with van der Waals surface area (Å²) in [5.74, 6) is 0.691. The normalized spacial score (nSPS) is 11.2. The van der Waals surface area contributed by atoms with E-state index in [0.29, 0.717) is 5.92 Å². The Morgan fingerprint density at radius 1 is 1.21 bits per heavy atom. The van der Waals surface area contributed by atoms with Crippen molar-refractivity contribution in [1.29, 1.82) is 0 Å². The van der Waals surface area contributed by atoms with Crippen LogP contribution in [0.2, 0.25) is 0 Å². The largest absolute Gasteiger partial charge is 0.492 e. The van der Waals surface area contributed by atoms with Gasteiger partial charge >= 0.3 is 0 Å². The molecule has 0 saturated heterocycles. The molecule has 0 aliphatic heterocycles. The van der Waals surface area contributed by atoms with Crippen molar-refractivity contribution in [1.82, 2.24) is 9.78 Å². The Hall–Kier alpha value is -1.77. The average Bonchev–Trinajstić information content (AvgIpc) is 2.69. The second kappa shape index (κ2) is 5.91. The van der Waals surface area contributed by atoms with Gasteiger partial charge in [-0.25, -0.2) is 4.68 Å². The van der Waals surface area contributed by atoms with E-state index in [0.717, 1.165) is 36.2 Å². The van der Waals surface area contributed by atoms with Gasteiger partial charge in [0.15, 0.2) is 0 Å². The Morgan fingerprint density at radius 2 is 1.89 bits per heavy atom. The van der Waals surface area contributed by atoms with Crippen LogP contribution in [-0.4, -0.2) is 14.9 Å². The van der Waals surface area contributed by atoms with E-state index in [1.54, 1.807) is 0 Å². The number of aromatic hydroxyl groups is 1. The van der Waals surface area contributed by atoms with Gasteiger partial charge in [0.1, 0.15) is 0 Å². The Balaban J connectivity index is 2.49. The van der Waals surface area contributed by atoms with Crippen LogP contribution in [0.1, 0.15) is 38.4 Å². The molecule has 0 unspecified atom stereocenters. The minimum Gasteiger partial charge on any atom is -0.492 e. The van der Waals surface area contributed by atoms with Gasteiger partial charge in [-0.2, -0.15) is 0 Å². The van der Waals surface area contributed by atoms with Gasteiger partial charge < -0.3 is 5.11 Å². The molecule has 1 heterocycles. The summed E-state index contributed by atoms with van der Waals surface area (Å²) in [5.41, 5.74) is 3.15. The van der Waals surface area contributed by atoms with Crippen LogP contribution in [-0.2, 0) is 12.8 Å². The van der Waals surface area contributed by atoms with Crippen molar-refractivity contribution in [2.75, 3.05) is 0 Å². The van der Waals surface area contributed by atoms with Crippen LogP contribution in [0.3, 0.4) is 0 Å². The van der Waals surface area contributed by atoms with Crippen molar-refractivity contribution in [2.24, 2.45) is 5.92 Å². The zero-order valence-electron chi connectivity index (χ0n) is 11.9. The summed E-state index contributed by atoms with van der Waals surface area (Å²) in [7, 11) is 0. The average molecular weight is 258 g/mol. The van der Waals surface area contributed by atoms with Gasteiger partial charge in [0.2, 0.25) is 5.88 Å². The van der Waals surface area contributed by atoms with Crippen LogP contribution >= 0.6 is 0 Å². The highest BCUT2D eigenvalue weighted by Crippen LogP contribution is 2.27. The standard InChI is InChI=1S/C16H22N2O/c1-4-8-15-14(11-12(2)3)16(19)17-18(15)13-9-6-5-7-10-13/h5-7,9-10,12H,4,8,11H2,1-3H3,(H,17,19). The molecular formula is C16H22N2O. The third-order valence-electron chi connectivity index (χ3n) is 3.17. The van der Waals surface area contributed by atoms with Crippen LogP contribution in [0.15, 0.2) is 30.3 Å². The minimum atomic E-state index is 0.181. The van der Waals surface area contributed by atoms with E-state index in [1.807, 2.05) is 35.0 Å². The number of para-hydroxylation sites is 1. The SMILES string of the molecule is CCCc1c(CC(C)C)c(O)nn1-c1ccccc1. The molecule has 0 saturated carbocycles. The topological polar surface area (TPSA) is 38.1 Å². The van der Waals surface area contributed by atoms with Crippen molar-refractivity contribution >= 4 is 0 Å². The molecule has 0 atom stereocenters. The van der Waals surface area contributed by atoms with Gasteiger partial charge in [-0.15, -0.1) is 5.10 Å². The number of aromatic nitrogens is 2. The predicted octanol–water partition coefficient (Wildman–Crippen LogP) is 3.73. The fourth-order valence-corrected chi connectivity index (χ4v) is 2.37. The number of benzene rings is 1. The second-order valence-corrected chi connectivity index (χ2v) is 5.34. The molecule has 0 radical (unpaired) electrons. The summed E-state index contributed by atoms with van der Waals surface area (Å²) < 4.78 is 1.89. The highest BCUT2D eigenvalue weighted by Gasteiger charge is 2.18. The van der Waals surface area contributed by atoms with Crippen LogP contribution in [0, 0.1) is 5.92 Å². The molecule has 1 aromatic carbocycles. The van der Waals surface area contributed by atoms with E-state index in [9.17, 15) is 5.11 Å². The van der Waals surface area contributed by atoms with Crippen LogP contribution in [0.4, 0.5) is 0 Å². The van der Waals surface area contributed by atoms with E-state index in [2.05, 4.69) is 25.9 Å². The lowest BCUT2D eigenvalue weighted by atomic mass is 10.0. The van der Waals surface area contributed by atoms with E-state index >= 15 is 0 Å². The first-order valence-corrected chi connectivity index (χ1v) is 6.98. The molecular weight excluding hydrogens is 236 g/mol. The fourth-order valence-electron chi connectivity index (χ4n) is 2.37. The summed E-state index contributed by atoms with van der Waals surface area (Å²) >= 11 is 0. The molecule has 0 fully saturated rings. The second-order valence-electron chi connectivity index (χ2n) is 5.34. The molecule has 2 aromatic rings.